The number of halogens is 4. The van der Waals surface area contributed by atoms with Gasteiger partial charge in [-0.15, -0.1) is 0 Å². The van der Waals surface area contributed by atoms with E-state index in [2.05, 4.69) is 20.6 Å². The molecular weight excluding hydrogens is 636 g/mol. The lowest BCUT2D eigenvalue weighted by Crippen LogP contribution is -2.52. The topological polar surface area (TPSA) is 143 Å². The lowest BCUT2D eigenvalue weighted by molar-refractivity contribution is -0.265. The summed E-state index contributed by atoms with van der Waals surface area (Å²) in [5.41, 5.74) is -6.94. The molecule has 48 heavy (non-hydrogen) atoms. The van der Waals surface area contributed by atoms with Crippen LogP contribution in [-0.4, -0.2) is 70.6 Å². The molecule has 0 radical (unpaired) electrons. The average molecular weight is 671 g/mol. The molecule has 0 saturated carbocycles. The Bertz CT molecular complexity index is 1860. The highest BCUT2D eigenvalue weighted by Crippen LogP contribution is 2.48. The minimum Gasteiger partial charge on any atom is -0.494 e. The van der Waals surface area contributed by atoms with Crippen molar-refractivity contribution in [3.63, 3.8) is 0 Å². The number of aliphatic hydroxyl groups is 2. The Kier molecular flexibility index (Phi) is 9.10. The van der Waals surface area contributed by atoms with E-state index in [0.717, 1.165) is 18.2 Å². The second kappa shape index (κ2) is 12.7. The molecule has 0 fully saturated rings. The van der Waals surface area contributed by atoms with Crippen molar-refractivity contribution in [2.45, 2.75) is 50.0 Å². The third-order valence-corrected chi connectivity index (χ3v) is 8.26. The van der Waals surface area contributed by atoms with Gasteiger partial charge in [-0.1, -0.05) is 6.07 Å². The number of hydrogen-bond acceptors (Lipinski definition) is 8. The van der Waals surface area contributed by atoms with Gasteiger partial charge in [-0.05, 0) is 75.7 Å². The molecule has 2 amide bonds. The van der Waals surface area contributed by atoms with Gasteiger partial charge >= 0.3 is 6.18 Å². The summed E-state index contributed by atoms with van der Waals surface area (Å²) < 4.78 is 69.6. The van der Waals surface area contributed by atoms with Gasteiger partial charge in [-0.25, -0.2) is 9.37 Å². The minimum absolute atomic E-state index is 0.00616. The first-order chi connectivity index (χ1) is 22.5. The zero-order chi connectivity index (χ0) is 35.1. The number of carbonyl (C=O) groups is 2. The van der Waals surface area contributed by atoms with Crippen molar-refractivity contribution in [1.29, 1.82) is 0 Å². The molecule has 1 aliphatic rings. The Morgan fingerprint density at radius 3 is 2.42 bits per heavy atom. The lowest BCUT2D eigenvalue weighted by Gasteiger charge is -2.31. The zero-order valence-electron chi connectivity index (χ0n) is 26.5. The number of ether oxygens (including phenoxy) is 2. The summed E-state index contributed by atoms with van der Waals surface area (Å²) in [4.78, 5) is 35.1. The van der Waals surface area contributed by atoms with Gasteiger partial charge in [0, 0.05) is 34.8 Å². The Hall–Kier alpha value is -4.82. The number of fused-ring (bicyclic) bond motifs is 2. The molecule has 10 nitrogen and oxygen atoms in total. The molecule has 5 rings (SSSR count). The number of aromatic nitrogens is 2. The van der Waals surface area contributed by atoms with Crippen molar-refractivity contribution in [1.82, 2.24) is 20.6 Å². The smallest absolute Gasteiger partial charge is 0.424 e. The van der Waals surface area contributed by atoms with Crippen molar-refractivity contribution < 1.29 is 46.8 Å². The molecule has 14 heteroatoms. The Morgan fingerprint density at radius 2 is 1.77 bits per heavy atom. The maximum Gasteiger partial charge on any atom is 0.424 e. The van der Waals surface area contributed by atoms with Gasteiger partial charge in [0.25, 0.3) is 5.91 Å². The number of alkyl halides is 3. The first-order valence-electron chi connectivity index (χ1n) is 14.9. The van der Waals surface area contributed by atoms with E-state index in [1.807, 2.05) is 0 Å². The van der Waals surface area contributed by atoms with E-state index in [1.165, 1.54) is 44.5 Å². The molecule has 2 atom stereocenters. The Labute approximate surface area is 273 Å². The van der Waals surface area contributed by atoms with Gasteiger partial charge in [-0.3, -0.25) is 14.6 Å². The molecule has 1 unspecified atom stereocenters. The van der Waals surface area contributed by atoms with E-state index in [-0.39, 0.29) is 53.5 Å². The number of nitrogens with zero attached hydrogens (tertiary/aromatic N) is 2. The fourth-order valence-electron chi connectivity index (χ4n) is 5.36. The number of amides is 2. The Morgan fingerprint density at radius 1 is 1.06 bits per heavy atom. The monoisotopic (exact) mass is 670 g/mol. The van der Waals surface area contributed by atoms with E-state index in [0.29, 0.717) is 10.9 Å². The van der Waals surface area contributed by atoms with Gasteiger partial charge in [0.05, 0.1) is 24.9 Å². The molecule has 1 aliphatic heterocycles. The summed E-state index contributed by atoms with van der Waals surface area (Å²) >= 11 is 0. The number of rotatable bonds is 10. The van der Waals surface area contributed by atoms with Gasteiger partial charge in [0.1, 0.15) is 40.5 Å². The van der Waals surface area contributed by atoms with Crippen LogP contribution in [0.3, 0.4) is 0 Å². The summed E-state index contributed by atoms with van der Waals surface area (Å²) in [7, 11) is 1.36. The second-order valence-corrected chi connectivity index (χ2v) is 12.5. The number of hydrogen-bond donors (Lipinski definition) is 4. The summed E-state index contributed by atoms with van der Waals surface area (Å²) in [6, 6.07) is 11.7. The zero-order valence-corrected chi connectivity index (χ0v) is 26.5. The molecule has 4 N–H and O–H groups in total. The largest absolute Gasteiger partial charge is 0.494 e. The second-order valence-electron chi connectivity index (χ2n) is 12.5. The van der Waals surface area contributed by atoms with Crippen molar-refractivity contribution in [3.05, 3.63) is 83.4 Å². The van der Waals surface area contributed by atoms with Crippen LogP contribution in [0.15, 0.2) is 60.8 Å². The molecule has 2 aromatic heterocycles. The van der Waals surface area contributed by atoms with Crippen LogP contribution in [0.4, 0.5) is 17.6 Å². The van der Waals surface area contributed by atoms with Crippen LogP contribution in [0, 0.1) is 5.82 Å². The number of carbonyl (C=O) groups excluding carboxylic acids is 2. The molecular formula is C34H34F4N4O6. The number of methoxy groups -OCH3 is 1. The average Bonchev–Trinajstić information content (AvgIpc) is 3.39. The van der Waals surface area contributed by atoms with Gasteiger partial charge in [0.2, 0.25) is 11.5 Å². The van der Waals surface area contributed by atoms with Crippen molar-refractivity contribution in [3.8, 4) is 22.8 Å². The van der Waals surface area contributed by atoms with E-state index in [1.54, 1.807) is 26.0 Å². The summed E-state index contributed by atoms with van der Waals surface area (Å²) in [5.74, 6) is -1.96. The standard InChI is InChI=1S/C34H34F4N4O6/c1-31(2,45)11-13-40-30(44)32(3)18-48-28-23(32)16-25(42-27(28)19-7-9-22(35)10-8-19)33(46,34(36,37)38)17-41-29(43)21-14-20-6-5-12-39-26(20)24(15-21)47-4/h5-10,12,14-16,45-46H,11,13,17-18H2,1-4H3,(H,40,44)(H,41,43)/t32-,33?/m0/s1. The molecule has 3 heterocycles. The van der Waals surface area contributed by atoms with Gasteiger partial charge in [0.15, 0.2) is 0 Å². The fourth-order valence-corrected chi connectivity index (χ4v) is 5.36. The third kappa shape index (κ3) is 6.62. The quantitative estimate of drug-likeness (QED) is 0.180. The van der Waals surface area contributed by atoms with E-state index >= 15 is 0 Å². The van der Waals surface area contributed by atoms with E-state index < -0.39 is 52.7 Å². The fraction of sp³-hybridized carbons (Fsp3) is 0.353. The molecule has 254 valence electrons. The van der Waals surface area contributed by atoms with Crippen molar-refractivity contribution in [2.24, 2.45) is 0 Å². The highest BCUT2D eigenvalue weighted by atomic mass is 19.4. The van der Waals surface area contributed by atoms with Crippen molar-refractivity contribution >= 4 is 22.7 Å². The summed E-state index contributed by atoms with van der Waals surface area (Å²) in [6.07, 6.45) is -3.66. The van der Waals surface area contributed by atoms with Crippen LogP contribution >= 0.6 is 0 Å². The molecule has 0 aliphatic carbocycles. The molecule has 2 aromatic carbocycles. The highest BCUT2D eigenvalue weighted by Gasteiger charge is 2.58. The predicted molar refractivity (Wildman–Crippen MR) is 167 cm³/mol. The third-order valence-electron chi connectivity index (χ3n) is 8.26. The van der Waals surface area contributed by atoms with Crippen LogP contribution in [-0.2, 0) is 15.8 Å². The SMILES string of the molecule is COc1cc(C(=O)NCC(O)(c2cc3c(c(-c4ccc(F)cc4)n2)OC[C@]3(C)C(=O)NCCC(C)(C)O)C(F)(F)F)cc2cccnc12. The lowest BCUT2D eigenvalue weighted by atomic mass is 9.81. The molecule has 0 saturated heterocycles. The van der Waals surface area contributed by atoms with Crippen LogP contribution in [0.2, 0.25) is 0 Å². The maximum atomic E-state index is 14.9. The maximum absolute atomic E-state index is 14.9. The van der Waals surface area contributed by atoms with Crippen molar-refractivity contribution in [2.75, 3.05) is 26.8 Å². The van der Waals surface area contributed by atoms with Crippen LogP contribution in [0.25, 0.3) is 22.2 Å². The number of pyridine rings is 2. The summed E-state index contributed by atoms with van der Waals surface area (Å²) in [5, 5.41) is 26.8. The van der Waals surface area contributed by atoms with Gasteiger partial charge in [-0.2, -0.15) is 13.2 Å². The van der Waals surface area contributed by atoms with E-state index in [4.69, 9.17) is 9.47 Å². The van der Waals surface area contributed by atoms with Crippen LogP contribution in [0.5, 0.6) is 11.5 Å². The number of benzene rings is 2. The summed E-state index contributed by atoms with van der Waals surface area (Å²) in [6.45, 7) is 3.01. The van der Waals surface area contributed by atoms with Crippen LogP contribution < -0.4 is 20.1 Å². The highest BCUT2D eigenvalue weighted by molar-refractivity contribution is 6.00. The van der Waals surface area contributed by atoms with Crippen LogP contribution in [0.1, 0.15) is 48.8 Å². The molecule has 0 spiro atoms. The Balaban J connectivity index is 1.56. The minimum atomic E-state index is -5.38. The first kappa shape index (κ1) is 34.5. The first-order valence-corrected chi connectivity index (χ1v) is 14.9. The van der Waals surface area contributed by atoms with Gasteiger partial charge < -0.3 is 30.3 Å². The molecule has 0 bridgehead atoms. The van der Waals surface area contributed by atoms with E-state index in [9.17, 15) is 37.4 Å². The normalized spacial score (nSPS) is 17.3. The predicted octanol–water partition coefficient (Wildman–Crippen LogP) is 4.55. The molecule has 4 aromatic rings. The number of nitrogens with one attached hydrogen (secondary N) is 2.